The van der Waals surface area contributed by atoms with Gasteiger partial charge in [-0.05, 0) is 30.3 Å². The zero-order chi connectivity index (χ0) is 96.3. The molecule has 51 nitrogen and oxygen atoms in total. The number of cyclic esters (lactones) is 2. The van der Waals surface area contributed by atoms with E-state index in [4.69, 9.17) is 47.4 Å². The van der Waals surface area contributed by atoms with Crippen LogP contribution in [0.5, 0.6) is 172 Å². The molecule has 0 radical (unpaired) electrons. The van der Waals surface area contributed by atoms with Gasteiger partial charge in [0.2, 0.25) is 57.5 Å². The summed E-state index contributed by atoms with van der Waals surface area (Å²) in [6, 6.07) is 0.454. The average molecular weight is 1850 g/mol. The van der Waals surface area contributed by atoms with E-state index in [1.807, 2.05) is 0 Å². The third-order valence-corrected chi connectivity index (χ3v) is 23.4. The van der Waals surface area contributed by atoms with Crippen molar-refractivity contribution in [2.75, 3.05) is 13.2 Å². The minimum atomic E-state index is -3.66. The van der Waals surface area contributed by atoms with Crippen molar-refractivity contribution in [3.63, 3.8) is 0 Å². The Morgan fingerprint density at radius 2 is 0.391 bits per heavy atom. The van der Waals surface area contributed by atoms with Crippen molar-refractivity contribution in [1.82, 2.24) is 0 Å². The number of esters is 10. The Morgan fingerprint density at radius 1 is 0.180 bits per heavy atom. The van der Waals surface area contributed by atoms with Crippen molar-refractivity contribution in [3.05, 3.63) is 103 Å². The van der Waals surface area contributed by atoms with Crippen LogP contribution < -0.4 is 0 Å². The molecule has 0 unspecified atom stereocenters. The summed E-state index contributed by atoms with van der Waals surface area (Å²) >= 11 is 0. The Hall–Kier alpha value is -19.1. The molecule has 31 N–H and O–H groups in total. The minimum absolute atomic E-state index is 0.0437. The van der Waals surface area contributed by atoms with Crippen LogP contribution in [0.2, 0.25) is 0 Å². The molecule has 133 heavy (non-hydrogen) atoms. The number of hydrogen-bond acceptors (Lipinski definition) is 51. The van der Waals surface area contributed by atoms with Gasteiger partial charge in [0.05, 0.1) is 61.6 Å². The molecule has 0 fully saturated rings. The molecule has 684 valence electrons. The highest BCUT2D eigenvalue weighted by Gasteiger charge is 2.61. The normalized spacial score (nSPS) is 20.8. The lowest BCUT2D eigenvalue weighted by molar-refractivity contribution is -0.154. The van der Waals surface area contributed by atoms with Gasteiger partial charge in [-0.25, -0.2) is 47.9 Å². The maximum absolute atomic E-state index is 16.8. The van der Waals surface area contributed by atoms with E-state index in [9.17, 15) is 168 Å². The number of carbonyl (C=O) groups is 10. The molecular weight excluding hydrogens is 1800 g/mol. The summed E-state index contributed by atoms with van der Waals surface area (Å²) in [6.07, 6.45) is -30.1. The summed E-state index contributed by atoms with van der Waals surface area (Å²) in [4.78, 5) is 159. The van der Waals surface area contributed by atoms with Gasteiger partial charge in [0.15, 0.2) is 164 Å². The van der Waals surface area contributed by atoms with E-state index in [-0.39, 0.29) is 30.3 Å². The molecule has 10 aromatic carbocycles. The van der Waals surface area contributed by atoms with E-state index in [2.05, 4.69) is 0 Å². The van der Waals surface area contributed by atoms with Gasteiger partial charge in [-0.15, -0.1) is 0 Å². The molecule has 0 aliphatic carbocycles. The second-order valence-electron chi connectivity index (χ2n) is 30.3. The van der Waals surface area contributed by atoms with Gasteiger partial charge in [0.25, 0.3) is 0 Å². The van der Waals surface area contributed by atoms with E-state index >= 15 is 38.4 Å². The van der Waals surface area contributed by atoms with Crippen molar-refractivity contribution < 1.29 is 254 Å². The summed E-state index contributed by atoms with van der Waals surface area (Å²) in [5, 5.41) is 369. The van der Waals surface area contributed by atoms with E-state index in [1.54, 1.807) is 0 Å². The predicted molar refractivity (Wildman–Crippen MR) is 409 cm³/mol. The van der Waals surface area contributed by atoms with Gasteiger partial charge in [-0.2, -0.15) is 0 Å². The van der Waals surface area contributed by atoms with E-state index in [0.717, 1.165) is 0 Å². The number of ether oxygens (including phenoxy) is 10. The molecule has 10 aliphatic heterocycles. The zero-order valence-electron chi connectivity index (χ0n) is 64.6. The summed E-state index contributed by atoms with van der Waals surface area (Å²) in [6.45, 7) is -4.22. The van der Waals surface area contributed by atoms with Crippen molar-refractivity contribution in [2.45, 2.75) is 60.9 Å². The van der Waals surface area contributed by atoms with Gasteiger partial charge >= 0.3 is 59.7 Å². The Balaban J connectivity index is 0.956. The fourth-order valence-corrected chi connectivity index (χ4v) is 17.5. The lowest BCUT2D eigenvalue weighted by Gasteiger charge is -2.43. The summed E-state index contributed by atoms with van der Waals surface area (Å²) in [5.74, 6) is -84.2. The first kappa shape index (κ1) is 84.7. The van der Waals surface area contributed by atoms with Gasteiger partial charge < -0.3 is 206 Å². The van der Waals surface area contributed by atoms with Crippen LogP contribution in [0.4, 0.5) is 0 Å². The molecule has 0 spiro atoms. The van der Waals surface area contributed by atoms with Gasteiger partial charge in [-0.1, -0.05) is 0 Å². The third kappa shape index (κ3) is 11.3. The molecule has 51 heteroatoms. The first-order valence-electron chi connectivity index (χ1n) is 37.2. The Morgan fingerprint density at radius 3 is 0.729 bits per heavy atom. The summed E-state index contributed by atoms with van der Waals surface area (Å²) < 4.78 is 58.6. The highest BCUT2D eigenvalue weighted by atomic mass is 16.7. The second-order valence-corrected chi connectivity index (χ2v) is 30.3. The molecule has 0 saturated heterocycles. The van der Waals surface area contributed by atoms with Crippen LogP contribution in [-0.4, -0.2) is 280 Å². The Labute approximate surface area is 726 Å². The molecule has 10 aromatic rings. The quantitative estimate of drug-likeness (QED) is 0.0638. The monoisotopic (exact) mass is 1850 g/mol. The fraction of sp³-hybridized carbons (Fsp3) is 0.146. The topological polar surface area (TPSA) is 890 Å². The number of phenols is 30. The van der Waals surface area contributed by atoms with Crippen molar-refractivity contribution in [2.24, 2.45) is 0 Å². The van der Waals surface area contributed by atoms with Crippen molar-refractivity contribution in [3.8, 4) is 239 Å². The molecule has 0 amide bonds. The number of rotatable bonds is 1. The number of phenolic OH excluding ortho intramolecular Hbond substituents is 30. The Kier molecular flexibility index (Phi) is 18.1. The standard InChI is InChI=1S/C82H50O51/c83-13-1-8-20(46(93)41(13)88)21-9(2-14(84)42(89)47(21)94)76(117)128-67-18(6-124-73(8)114)126-74(115)10-3-15(85)43(90)48(95)22(10)26-36-28(54(101)62(109)52(26)99)29-38-33(59(106)65(112)55(29)102)34(69(130-79(38)120)71(67)132-80(36)121)32-35-25(51(98)64(111)58(32)105)24-12(5-17(87)45(92)50(24)97)77(118)129-68-19(7-125-78(35)119)127-75(116)11-4-16(86)44(91)49(96)23(11)27-37-30(56(103)63(110)53(27)100)31-39-40(60(107)66(113)57(31)104)61(108)70(131-82(39)123)72(68)133-81(37)122/h1-5,18-19,34,61,67-72,83-113H,6-7H2/t18-,19-,34+,61+,67-,68-,69-,70+,71+,72+/m1/s1. The first-order valence-corrected chi connectivity index (χ1v) is 37.2. The van der Waals surface area contributed by atoms with Crippen LogP contribution in [0.25, 0.3) is 66.8 Å². The number of hydrogen-bond donors (Lipinski definition) is 31. The largest absolute Gasteiger partial charge is 0.504 e. The smallest absolute Gasteiger partial charge is 0.340 e. The highest BCUT2D eigenvalue weighted by Crippen LogP contribution is 2.68. The summed E-state index contributed by atoms with van der Waals surface area (Å²) in [7, 11) is 0. The van der Waals surface area contributed by atoms with E-state index in [0.29, 0.717) is 0 Å². The molecule has 10 atom stereocenters. The van der Waals surface area contributed by atoms with Crippen molar-refractivity contribution in [1.29, 1.82) is 0 Å². The lowest BCUT2D eigenvalue weighted by Crippen LogP contribution is -2.56. The van der Waals surface area contributed by atoms with Crippen LogP contribution in [0.15, 0.2) is 30.3 Å². The van der Waals surface area contributed by atoms with Crippen LogP contribution in [0.3, 0.4) is 0 Å². The van der Waals surface area contributed by atoms with E-state index < -0.39 is 445 Å². The maximum atomic E-state index is 16.8. The average Bonchev–Trinajstić information content (AvgIpc) is 1.44. The van der Waals surface area contributed by atoms with Gasteiger partial charge in [-0.3, -0.25) is 0 Å². The minimum Gasteiger partial charge on any atom is -0.504 e. The van der Waals surface area contributed by atoms with Crippen LogP contribution in [-0.2, 0) is 47.4 Å². The molecule has 0 aromatic heterocycles. The fourth-order valence-electron chi connectivity index (χ4n) is 17.5. The first-order chi connectivity index (χ1) is 62.6. The maximum Gasteiger partial charge on any atom is 0.340 e. The van der Waals surface area contributed by atoms with Crippen LogP contribution >= 0.6 is 0 Å². The number of aliphatic hydroxyl groups excluding tert-OH is 1. The van der Waals surface area contributed by atoms with Crippen LogP contribution in [0, 0.1) is 0 Å². The zero-order valence-corrected chi connectivity index (χ0v) is 64.6. The van der Waals surface area contributed by atoms with Gasteiger partial charge in [0, 0.05) is 83.5 Å². The molecule has 10 heterocycles. The third-order valence-electron chi connectivity index (χ3n) is 23.4. The lowest BCUT2D eigenvalue weighted by atomic mass is 9.72. The van der Waals surface area contributed by atoms with Gasteiger partial charge in [0.1, 0.15) is 19.3 Å². The number of carbonyl (C=O) groups excluding carboxylic acids is 10. The number of aromatic hydroxyl groups is 30. The molecule has 0 saturated carbocycles. The van der Waals surface area contributed by atoms with Crippen LogP contribution in [0.1, 0.15) is 132 Å². The number of aliphatic hydroxyl groups is 1. The number of fused-ring (bicyclic) bond motifs is 14. The summed E-state index contributed by atoms with van der Waals surface area (Å²) in [5.41, 5.74) is -42.6. The second kappa shape index (κ2) is 28.4. The molecule has 10 aliphatic rings. The molecular formula is C82H50O51. The van der Waals surface area contributed by atoms with E-state index in [1.165, 1.54) is 0 Å². The molecule has 12 bridgehead atoms. The molecule has 20 rings (SSSR count). The number of benzene rings is 10. The Bertz CT molecular complexity index is 7280. The SMILES string of the molecule is O=C1OC[C@H]2OC(=O)c3cc(O)c(O)c(O)c3-c3c(O)c(O)c(O)c4c3C(=O)O[C@H]([C@@H]3OC(=O)c5c-4c(O)c(O)c(O)c5[C@@H]3c3c(O)c(O)c(O)c4c3C(=O)OC[C@H]3OC(=O)c5cc(O)c(O)c(O)c5-c5c(O)c(O)c(O)c6c5C(=O)O[C@H]([C@H]5OC(=O)c7c-6c(O)c(O)c(O)c7[C@@H]5O)[C@@H]3OC(=O)c3cc(O)c(O)c(O)c3-4)[C@@H]2OC(=O)c2cc(O)c(O)c(O)c2-c2c1cc(O)c(O)c2O. The highest BCUT2D eigenvalue weighted by molar-refractivity contribution is 6.20. The predicted octanol–water partition coefficient (Wildman–Crippen LogP) is 3.05. The van der Waals surface area contributed by atoms with Crippen molar-refractivity contribution >= 4 is 59.7 Å².